The lowest BCUT2D eigenvalue weighted by atomic mass is 10.2. The minimum atomic E-state index is -0.202. The maximum absolute atomic E-state index is 12.6. The van der Waals surface area contributed by atoms with E-state index in [-0.39, 0.29) is 12.0 Å². The van der Waals surface area contributed by atoms with Crippen LogP contribution in [0.3, 0.4) is 0 Å². The number of benzene rings is 3. The van der Waals surface area contributed by atoms with Gasteiger partial charge in [-0.1, -0.05) is 18.2 Å². The van der Waals surface area contributed by atoms with Crippen LogP contribution < -0.4 is 19.5 Å². The number of anilines is 1. The summed E-state index contributed by atoms with van der Waals surface area (Å²) < 4.78 is 23.4. The van der Waals surface area contributed by atoms with E-state index in [2.05, 4.69) is 21.2 Å². The molecule has 1 unspecified atom stereocenters. The van der Waals surface area contributed by atoms with Crippen LogP contribution in [-0.2, 0) is 4.74 Å². The monoisotopic (exact) mass is 511 g/mol. The quantitative estimate of drug-likeness (QED) is 0.352. The lowest BCUT2D eigenvalue weighted by molar-refractivity contribution is 0.0677. The number of carbonyl (C=O) groups excluding carboxylic acids is 1. The van der Waals surface area contributed by atoms with E-state index in [1.165, 1.54) is 0 Å². The molecule has 1 aliphatic rings. The van der Waals surface area contributed by atoms with E-state index in [0.717, 1.165) is 29.7 Å². The molecule has 0 spiro atoms. The molecule has 1 saturated heterocycles. The van der Waals surface area contributed by atoms with Gasteiger partial charge < -0.3 is 24.3 Å². The summed E-state index contributed by atoms with van der Waals surface area (Å²) in [6.45, 7) is 2.18. The lowest BCUT2D eigenvalue weighted by Crippen LogP contribution is -2.16. The second-order valence-electron chi connectivity index (χ2n) is 7.58. The number of hydrogen-bond donors (Lipinski definition) is 1. The van der Waals surface area contributed by atoms with Gasteiger partial charge in [0.15, 0.2) is 0 Å². The van der Waals surface area contributed by atoms with Crippen LogP contribution in [0, 0.1) is 0 Å². The minimum absolute atomic E-state index is 0.142. The predicted octanol–water partition coefficient (Wildman–Crippen LogP) is 5.72. The van der Waals surface area contributed by atoms with Crippen molar-refractivity contribution in [3.05, 3.63) is 82.8 Å². The lowest BCUT2D eigenvalue weighted by Gasteiger charge is -2.13. The van der Waals surface area contributed by atoms with Gasteiger partial charge in [0.05, 0.1) is 10.6 Å². The Hall–Kier alpha value is -3.03. The molecule has 3 aromatic rings. The third-order valence-electron chi connectivity index (χ3n) is 5.12. The summed E-state index contributed by atoms with van der Waals surface area (Å²) in [5.41, 5.74) is 1.22. The Morgan fingerprint density at radius 1 is 0.939 bits per heavy atom. The topological polar surface area (TPSA) is 66.0 Å². The molecule has 0 saturated carbocycles. The third kappa shape index (κ3) is 6.97. The van der Waals surface area contributed by atoms with Crippen molar-refractivity contribution < 1.29 is 23.7 Å². The average Bonchev–Trinajstić information content (AvgIpc) is 3.36. The van der Waals surface area contributed by atoms with E-state index >= 15 is 0 Å². The van der Waals surface area contributed by atoms with Crippen molar-refractivity contribution >= 4 is 27.5 Å². The normalized spacial score (nSPS) is 15.1. The fourth-order valence-electron chi connectivity index (χ4n) is 3.39. The van der Waals surface area contributed by atoms with Gasteiger partial charge in [0.25, 0.3) is 5.91 Å². The summed E-state index contributed by atoms with van der Waals surface area (Å²) in [6, 6.07) is 22.1. The molecule has 1 amide bonds. The Bertz CT molecular complexity index is 1040. The number of amides is 1. The van der Waals surface area contributed by atoms with Gasteiger partial charge in [0.2, 0.25) is 0 Å². The average molecular weight is 512 g/mol. The SMILES string of the molecule is O=C(Nc1ccc(OCCOc2ccccc2)cc1)c1ccc(OCC2CCCO2)c(Br)c1. The van der Waals surface area contributed by atoms with Gasteiger partial charge in [-0.25, -0.2) is 0 Å². The second-order valence-corrected chi connectivity index (χ2v) is 8.43. The summed E-state index contributed by atoms with van der Waals surface area (Å²) >= 11 is 3.49. The van der Waals surface area contributed by atoms with Gasteiger partial charge in [0, 0.05) is 17.9 Å². The molecule has 33 heavy (non-hydrogen) atoms. The zero-order valence-corrected chi connectivity index (χ0v) is 19.8. The Morgan fingerprint density at radius 2 is 1.67 bits per heavy atom. The first-order valence-electron chi connectivity index (χ1n) is 10.9. The smallest absolute Gasteiger partial charge is 0.255 e. The van der Waals surface area contributed by atoms with Crippen LogP contribution in [0.2, 0.25) is 0 Å². The largest absolute Gasteiger partial charge is 0.490 e. The van der Waals surface area contributed by atoms with Crippen LogP contribution in [-0.4, -0.2) is 38.4 Å². The number of ether oxygens (including phenoxy) is 4. The van der Waals surface area contributed by atoms with E-state index < -0.39 is 0 Å². The molecule has 1 atom stereocenters. The van der Waals surface area contributed by atoms with Crippen LogP contribution in [0.1, 0.15) is 23.2 Å². The molecule has 1 heterocycles. The highest BCUT2D eigenvalue weighted by Crippen LogP contribution is 2.27. The number of halogens is 1. The standard InChI is InChI=1S/C26H26BrNO5/c27-24-17-19(8-13-25(24)33-18-23-7-4-14-30-23)26(29)28-20-9-11-22(12-10-20)32-16-15-31-21-5-2-1-3-6-21/h1-3,5-6,8-13,17,23H,4,7,14-16,18H2,(H,28,29). The van der Waals surface area contributed by atoms with E-state index in [1.54, 1.807) is 30.3 Å². The van der Waals surface area contributed by atoms with E-state index in [9.17, 15) is 4.79 Å². The summed E-state index contributed by atoms with van der Waals surface area (Å²) in [5, 5.41) is 2.90. The van der Waals surface area contributed by atoms with Crippen LogP contribution in [0.5, 0.6) is 17.2 Å². The maximum Gasteiger partial charge on any atom is 0.255 e. The number of rotatable bonds is 10. The Balaban J connectivity index is 1.23. The zero-order chi connectivity index (χ0) is 22.9. The predicted molar refractivity (Wildman–Crippen MR) is 130 cm³/mol. The minimum Gasteiger partial charge on any atom is -0.490 e. The van der Waals surface area contributed by atoms with Crippen molar-refractivity contribution in [2.75, 3.05) is 31.7 Å². The second kappa shape index (κ2) is 11.7. The van der Waals surface area contributed by atoms with E-state index in [0.29, 0.717) is 42.6 Å². The van der Waals surface area contributed by atoms with Crippen LogP contribution in [0.15, 0.2) is 77.3 Å². The Kier molecular flexibility index (Phi) is 8.22. The number of nitrogens with one attached hydrogen (secondary N) is 1. The first kappa shape index (κ1) is 23.1. The van der Waals surface area contributed by atoms with Crippen molar-refractivity contribution in [1.82, 2.24) is 0 Å². The van der Waals surface area contributed by atoms with Gasteiger partial charge in [-0.2, -0.15) is 0 Å². The van der Waals surface area contributed by atoms with E-state index in [1.807, 2.05) is 42.5 Å². The summed E-state index contributed by atoms with van der Waals surface area (Å²) in [5.74, 6) is 2.01. The van der Waals surface area contributed by atoms with Gasteiger partial charge in [-0.15, -0.1) is 0 Å². The maximum atomic E-state index is 12.6. The summed E-state index contributed by atoms with van der Waals surface area (Å²) in [7, 11) is 0. The molecule has 6 nitrogen and oxygen atoms in total. The molecule has 1 N–H and O–H groups in total. The number of para-hydroxylation sites is 1. The van der Waals surface area contributed by atoms with Crippen molar-refractivity contribution in [2.45, 2.75) is 18.9 Å². The molecule has 172 valence electrons. The number of hydrogen-bond acceptors (Lipinski definition) is 5. The highest BCUT2D eigenvalue weighted by atomic mass is 79.9. The van der Waals surface area contributed by atoms with Crippen LogP contribution >= 0.6 is 15.9 Å². The van der Waals surface area contributed by atoms with Gasteiger partial charge in [0.1, 0.15) is 37.1 Å². The molecule has 0 aromatic heterocycles. The fraction of sp³-hybridized carbons (Fsp3) is 0.269. The molecule has 7 heteroatoms. The highest BCUT2D eigenvalue weighted by Gasteiger charge is 2.17. The molecule has 0 bridgehead atoms. The molecule has 1 fully saturated rings. The molecular formula is C26H26BrNO5. The molecule has 1 aliphatic heterocycles. The van der Waals surface area contributed by atoms with Gasteiger partial charge in [-0.3, -0.25) is 4.79 Å². The molecule has 0 radical (unpaired) electrons. The molecular weight excluding hydrogens is 486 g/mol. The fourth-order valence-corrected chi connectivity index (χ4v) is 3.88. The van der Waals surface area contributed by atoms with Crippen LogP contribution in [0.25, 0.3) is 0 Å². The Morgan fingerprint density at radius 3 is 2.33 bits per heavy atom. The van der Waals surface area contributed by atoms with Crippen molar-refractivity contribution in [3.8, 4) is 17.2 Å². The number of carbonyl (C=O) groups is 1. The first-order valence-corrected chi connectivity index (χ1v) is 11.7. The van der Waals surface area contributed by atoms with Crippen molar-refractivity contribution in [3.63, 3.8) is 0 Å². The van der Waals surface area contributed by atoms with Crippen molar-refractivity contribution in [1.29, 1.82) is 0 Å². The first-order chi connectivity index (χ1) is 16.2. The van der Waals surface area contributed by atoms with Crippen LogP contribution in [0.4, 0.5) is 5.69 Å². The zero-order valence-electron chi connectivity index (χ0n) is 18.2. The third-order valence-corrected chi connectivity index (χ3v) is 5.74. The molecule has 4 rings (SSSR count). The molecule has 3 aromatic carbocycles. The molecule has 0 aliphatic carbocycles. The Labute approximate surface area is 201 Å². The van der Waals surface area contributed by atoms with Crippen molar-refractivity contribution in [2.24, 2.45) is 0 Å². The summed E-state index contributed by atoms with van der Waals surface area (Å²) in [4.78, 5) is 12.6. The van der Waals surface area contributed by atoms with Gasteiger partial charge >= 0.3 is 0 Å². The van der Waals surface area contributed by atoms with E-state index in [4.69, 9.17) is 18.9 Å². The summed E-state index contributed by atoms with van der Waals surface area (Å²) in [6.07, 6.45) is 2.23. The highest BCUT2D eigenvalue weighted by molar-refractivity contribution is 9.10. The van der Waals surface area contributed by atoms with Gasteiger partial charge in [-0.05, 0) is 83.4 Å².